The van der Waals surface area contributed by atoms with Gasteiger partial charge < -0.3 is 14.4 Å². The van der Waals surface area contributed by atoms with Crippen molar-refractivity contribution in [2.24, 2.45) is 0 Å². The molecule has 0 aromatic heterocycles. The molecular weight excluding hydrogens is 318 g/mol. The lowest BCUT2D eigenvalue weighted by Crippen LogP contribution is -2.37. The van der Waals surface area contributed by atoms with Crippen LogP contribution in [0.4, 0.5) is 0 Å². The SMILES string of the molecule is COc1ccc(OCCCC(=O)N(C)C2CCS(=O)(=O)C2)cc1. The summed E-state index contributed by atoms with van der Waals surface area (Å²) in [5, 5.41) is 0. The van der Waals surface area contributed by atoms with Crippen LogP contribution in [0.3, 0.4) is 0 Å². The maximum absolute atomic E-state index is 12.1. The molecule has 0 N–H and O–H groups in total. The van der Waals surface area contributed by atoms with Crippen LogP contribution in [-0.2, 0) is 14.6 Å². The van der Waals surface area contributed by atoms with E-state index in [1.54, 1.807) is 19.1 Å². The first-order valence-corrected chi connectivity index (χ1v) is 9.46. The Bertz CT molecular complexity index is 626. The minimum absolute atomic E-state index is 0.0366. The third-order valence-corrected chi connectivity index (χ3v) is 5.76. The van der Waals surface area contributed by atoms with Crippen LogP contribution in [0.2, 0.25) is 0 Å². The topological polar surface area (TPSA) is 72.9 Å². The van der Waals surface area contributed by atoms with E-state index in [2.05, 4.69) is 0 Å². The Labute approximate surface area is 137 Å². The van der Waals surface area contributed by atoms with Gasteiger partial charge >= 0.3 is 0 Å². The van der Waals surface area contributed by atoms with Gasteiger partial charge in [-0.2, -0.15) is 0 Å². The molecule has 1 saturated heterocycles. The Kier molecular flexibility index (Phi) is 5.87. The van der Waals surface area contributed by atoms with Crippen molar-refractivity contribution < 1.29 is 22.7 Å². The average Bonchev–Trinajstić information content (AvgIpc) is 2.91. The number of sulfone groups is 1. The van der Waals surface area contributed by atoms with Gasteiger partial charge in [0.1, 0.15) is 11.5 Å². The summed E-state index contributed by atoms with van der Waals surface area (Å²) in [4.78, 5) is 13.7. The first kappa shape index (κ1) is 17.6. The summed E-state index contributed by atoms with van der Waals surface area (Å²) in [5.41, 5.74) is 0. The van der Waals surface area contributed by atoms with Crippen molar-refractivity contribution in [3.63, 3.8) is 0 Å². The maximum atomic E-state index is 12.1. The zero-order chi connectivity index (χ0) is 16.9. The van der Waals surface area contributed by atoms with Crippen LogP contribution in [0.15, 0.2) is 24.3 Å². The van der Waals surface area contributed by atoms with E-state index in [1.165, 1.54) is 0 Å². The highest BCUT2D eigenvalue weighted by Gasteiger charge is 2.32. The maximum Gasteiger partial charge on any atom is 0.222 e. The predicted molar refractivity (Wildman–Crippen MR) is 87.6 cm³/mol. The summed E-state index contributed by atoms with van der Waals surface area (Å²) < 4.78 is 33.6. The molecule has 1 aliphatic rings. The molecule has 1 heterocycles. The highest BCUT2D eigenvalue weighted by Crippen LogP contribution is 2.19. The fraction of sp³-hybridized carbons (Fsp3) is 0.562. The van der Waals surface area contributed by atoms with Crippen molar-refractivity contribution in [1.29, 1.82) is 0 Å². The fourth-order valence-electron chi connectivity index (χ4n) is 2.55. The Balaban J connectivity index is 1.70. The molecule has 1 fully saturated rings. The summed E-state index contributed by atoms with van der Waals surface area (Å²) in [6.45, 7) is 0.439. The van der Waals surface area contributed by atoms with Crippen LogP contribution >= 0.6 is 0 Å². The summed E-state index contributed by atoms with van der Waals surface area (Å²) in [6.07, 6.45) is 1.48. The lowest BCUT2D eigenvalue weighted by atomic mass is 10.2. The number of nitrogens with zero attached hydrogens (tertiary/aromatic N) is 1. The Morgan fingerprint density at radius 3 is 2.48 bits per heavy atom. The number of rotatable bonds is 7. The van der Waals surface area contributed by atoms with Crippen LogP contribution < -0.4 is 9.47 Å². The minimum Gasteiger partial charge on any atom is -0.497 e. The van der Waals surface area contributed by atoms with Gasteiger partial charge in [0.2, 0.25) is 5.91 Å². The molecule has 128 valence electrons. The van der Waals surface area contributed by atoms with E-state index < -0.39 is 9.84 Å². The van der Waals surface area contributed by atoms with E-state index in [1.807, 2.05) is 24.3 Å². The normalized spacial score (nSPS) is 19.3. The van der Waals surface area contributed by atoms with Crippen molar-refractivity contribution in [3.8, 4) is 11.5 Å². The number of hydrogen-bond acceptors (Lipinski definition) is 5. The molecule has 1 aromatic rings. The van der Waals surface area contributed by atoms with Gasteiger partial charge in [0.25, 0.3) is 0 Å². The molecule has 7 heteroatoms. The first-order valence-electron chi connectivity index (χ1n) is 7.64. The van der Waals surface area contributed by atoms with E-state index in [-0.39, 0.29) is 23.5 Å². The Hall–Kier alpha value is -1.76. The van der Waals surface area contributed by atoms with Crippen LogP contribution in [0.1, 0.15) is 19.3 Å². The molecule has 1 aliphatic heterocycles. The standard InChI is InChI=1S/C16H23NO5S/c1-17(13-9-11-23(19,20)12-13)16(18)4-3-10-22-15-7-5-14(21-2)6-8-15/h5-8,13H,3-4,9-12H2,1-2H3. The monoisotopic (exact) mass is 341 g/mol. The number of hydrogen-bond donors (Lipinski definition) is 0. The van der Waals surface area contributed by atoms with Gasteiger partial charge in [0.15, 0.2) is 9.84 Å². The first-order chi connectivity index (χ1) is 10.9. The number of methoxy groups -OCH3 is 1. The molecular formula is C16H23NO5S. The molecule has 0 aliphatic carbocycles. The van der Waals surface area contributed by atoms with Gasteiger partial charge in [-0.05, 0) is 37.1 Å². The molecule has 23 heavy (non-hydrogen) atoms. The molecule has 1 aromatic carbocycles. The largest absolute Gasteiger partial charge is 0.497 e. The third-order valence-electron chi connectivity index (χ3n) is 4.01. The quantitative estimate of drug-likeness (QED) is 0.703. The number of amides is 1. The van der Waals surface area contributed by atoms with Crippen molar-refractivity contribution in [1.82, 2.24) is 4.90 Å². The van der Waals surface area contributed by atoms with Crippen molar-refractivity contribution in [2.75, 3.05) is 32.3 Å². The zero-order valence-corrected chi connectivity index (χ0v) is 14.3. The number of carbonyl (C=O) groups is 1. The van der Waals surface area contributed by atoms with Crippen LogP contribution in [-0.4, -0.2) is 57.5 Å². The fourth-order valence-corrected chi connectivity index (χ4v) is 4.32. The molecule has 0 spiro atoms. The third kappa shape index (κ3) is 5.13. The lowest BCUT2D eigenvalue weighted by Gasteiger charge is -2.23. The number of benzene rings is 1. The summed E-state index contributed by atoms with van der Waals surface area (Å²) in [7, 11) is 0.314. The van der Waals surface area contributed by atoms with Gasteiger partial charge in [0.05, 0.1) is 25.2 Å². The van der Waals surface area contributed by atoms with Gasteiger partial charge in [-0.1, -0.05) is 0 Å². The van der Waals surface area contributed by atoms with E-state index in [0.717, 1.165) is 11.5 Å². The van der Waals surface area contributed by atoms with Gasteiger partial charge in [-0.15, -0.1) is 0 Å². The lowest BCUT2D eigenvalue weighted by molar-refractivity contribution is -0.131. The molecule has 0 saturated carbocycles. The molecule has 6 nitrogen and oxygen atoms in total. The molecule has 1 amide bonds. The van der Waals surface area contributed by atoms with Gasteiger partial charge in [-0.3, -0.25) is 4.79 Å². The molecule has 1 atom stereocenters. The second-order valence-electron chi connectivity index (χ2n) is 5.69. The van der Waals surface area contributed by atoms with Crippen LogP contribution in [0.5, 0.6) is 11.5 Å². The summed E-state index contributed by atoms with van der Waals surface area (Å²) >= 11 is 0. The van der Waals surface area contributed by atoms with Gasteiger partial charge in [0, 0.05) is 19.5 Å². The zero-order valence-electron chi connectivity index (χ0n) is 13.5. The number of ether oxygens (including phenoxy) is 2. The Morgan fingerprint density at radius 1 is 1.26 bits per heavy atom. The highest BCUT2D eigenvalue weighted by molar-refractivity contribution is 7.91. The van der Waals surface area contributed by atoms with Gasteiger partial charge in [-0.25, -0.2) is 8.42 Å². The second kappa shape index (κ2) is 7.68. The average molecular weight is 341 g/mol. The van der Waals surface area contributed by atoms with E-state index in [9.17, 15) is 13.2 Å². The van der Waals surface area contributed by atoms with E-state index in [4.69, 9.17) is 9.47 Å². The minimum atomic E-state index is -2.97. The second-order valence-corrected chi connectivity index (χ2v) is 7.92. The molecule has 1 unspecified atom stereocenters. The van der Waals surface area contributed by atoms with Crippen molar-refractivity contribution in [3.05, 3.63) is 24.3 Å². The molecule has 0 bridgehead atoms. The highest BCUT2D eigenvalue weighted by atomic mass is 32.2. The Morgan fingerprint density at radius 2 is 1.91 bits per heavy atom. The molecule has 2 rings (SSSR count). The summed E-state index contributed by atoms with van der Waals surface area (Å²) in [5.74, 6) is 1.72. The van der Waals surface area contributed by atoms with Crippen molar-refractivity contribution >= 4 is 15.7 Å². The number of carbonyl (C=O) groups excluding carboxylic acids is 1. The summed E-state index contributed by atoms with van der Waals surface area (Å²) in [6, 6.07) is 7.07. The van der Waals surface area contributed by atoms with E-state index in [0.29, 0.717) is 25.9 Å². The predicted octanol–water partition coefficient (Wildman–Crippen LogP) is 1.50. The van der Waals surface area contributed by atoms with Crippen LogP contribution in [0, 0.1) is 0 Å². The van der Waals surface area contributed by atoms with Crippen LogP contribution in [0.25, 0.3) is 0 Å². The van der Waals surface area contributed by atoms with E-state index >= 15 is 0 Å². The smallest absolute Gasteiger partial charge is 0.222 e. The molecule has 0 radical (unpaired) electrons. The van der Waals surface area contributed by atoms with Crippen molar-refractivity contribution in [2.45, 2.75) is 25.3 Å².